The van der Waals surface area contributed by atoms with Gasteiger partial charge in [0, 0.05) is 154 Å². The zero-order valence-corrected chi connectivity index (χ0v) is 56.8. The van der Waals surface area contributed by atoms with E-state index in [4.69, 9.17) is 38.6 Å². The maximum atomic E-state index is 12.8. The van der Waals surface area contributed by atoms with E-state index in [0.717, 1.165) is 115 Å². The van der Waals surface area contributed by atoms with Crippen molar-refractivity contribution in [3.8, 4) is 62.9 Å². The van der Waals surface area contributed by atoms with Crippen LogP contribution < -0.4 is 43.9 Å². The second-order valence-corrected chi connectivity index (χ2v) is 28.7. The predicted molar refractivity (Wildman–Crippen MR) is 373 cm³/mol. The zero-order valence-electron chi connectivity index (χ0n) is 56.0. The molecule has 11 heterocycles. The molecule has 3 N–H and O–H groups in total. The molecular weight excluding hydrogens is 1240 g/mol. The number of nitrogens with one attached hydrogen (secondary N) is 3. The summed E-state index contributed by atoms with van der Waals surface area (Å²) in [4.78, 5) is 49.4. The molecule has 4 saturated heterocycles. The fourth-order valence-electron chi connectivity index (χ4n) is 13.5. The molecule has 1 aliphatic carbocycles. The second-order valence-electron chi connectivity index (χ2n) is 26.3. The molecule has 0 bridgehead atoms. The van der Waals surface area contributed by atoms with Crippen LogP contribution in [0.5, 0.6) is 29.1 Å². The number of fused-ring (bicyclic) bond motifs is 4. The number of carbonyl (C=O) groups is 3. The summed E-state index contributed by atoms with van der Waals surface area (Å²) < 4.78 is 52.9. The van der Waals surface area contributed by atoms with Gasteiger partial charge in [-0.3, -0.25) is 32.7 Å². The van der Waals surface area contributed by atoms with E-state index in [0.29, 0.717) is 68.0 Å². The molecule has 7 atom stereocenters. The van der Waals surface area contributed by atoms with Gasteiger partial charge in [0.15, 0.2) is 11.5 Å². The van der Waals surface area contributed by atoms with E-state index in [1.54, 1.807) is 21.2 Å². The van der Waals surface area contributed by atoms with E-state index in [1.165, 1.54) is 24.6 Å². The van der Waals surface area contributed by atoms with E-state index in [9.17, 15) is 18.6 Å². The summed E-state index contributed by atoms with van der Waals surface area (Å²) in [5, 5.41) is 26.1. The van der Waals surface area contributed by atoms with Crippen LogP contribution in [0.1, 0.15) is 84.1 Å². The van der Waals surface area contributed by atoms with E-state index >= 15 is 0 Å². The average molecular weight is 1320 g/mol. The van der Waals surface area contributed by atoms with Crippen LogP contribution >= 0.6 is 0 Å². The number of anilines is 1. The normalized spacial score (nSPS) is 20.5. The maximum absolute atomic E-state index is 12.8. The number of ether oxygens (including phenoxy) is 5. The van der Waals surface area contributed by atoms with Crippen molar-refractivity contribution in [1.29, 1.82) is 0 Å². The topological polar surface area (TPSA) is 251 Å². The summed E-state index contributed by atoms with van der Waals surface area (Å²) in [6, 6.07) is 26.3. The maximum Gasteiger partial charge on any atom is 0.225 e. The first-order valence-electron chi connectivity index (χ1n) is 33.2. The molecule has 5 fully saturated rings. The molecule has 23 nitrogen and oxygen atoms in total. The van der Waals surface area contributed by atoms with Crippen LogP contribution in [-0.2, 0) is 52.3 Å². The Kier molecular flexibility index (Phi) is 18.4. The summed E-state index contributed by atoms with van der Waals surface area (Å²) in [6.45, 7) is 10.6. The monoisotopic (exact) mass is 1320 g/mol. The smallest absolute Gasteiger partial charge is 0.225 e. The van der Waals surface area contributed by atoms with Crippen LogP contribution in [0.15, 0.2) is 104 Å². The van der Waals surface area contributed by atoms with Crippen molar-refractivity contribution >= 4 is 82.6 Å². The Morgan fingerprint density at radius 2 is 1.02 bits per heavy atom. The van der Waals surface area contributed by atoms with Crippen LogP contribution in [0.2, 0.25) is 0 Å². The van der Waals surface area contributed by atoms with Gasteiger partial charge in [0.25, 0.3) is 0 Å². The number of pyridine rings is 3. The first-order valence-corrected chi connectivity index (χ1v) is 35.0. The van der Waals surface area contributed by atoms with Crippen LogP contribution in [0.4, 0.5) is 5.69 Å². The number of rotatable bonds is 16. The summed E-state index contributed by atoms with van der Waals surface area (Å²) in [5.74, 6) is 8.20. The molecule has 96 heavy (non-hydrogen) atoms. The Morgan fingerprint density at radius 3 is 1.46 bits per heavy atom. The summed E-state index contributed by atoms with van der Waals surface area (Å²) in [5.41, 5.74) is 10.8. The Hall–Kier alpha value is -9.71. The SMILES string of the molecule is C=S1(=O)CCCN1c1ccc(-c2cc3nn(C)cc3c(O[C@H](C)[C@H]3CNC(=O)C3)n2)cc1C.COc1cc(-c2cc3nn(C)cc3c(O[C@H](C)[C@H]3CNC(=O)C3)n2)ccc1OC1CCCCC1.C[C@@H](Oc1nc(-c2ccc3ccn(C)c3c2)cc2nn(C)cc12)[C@H]1CNC(=O)C1. The Labute approximate surface area is 558 Å². The number of benzene rings is 3. The van der Waals surface area contributed by atoms with E-state index in [1.807, 2.05) is 127 Å². The number of aromatic nitrogens is 10. The van der Waals surface area contributed by atoms with Gasteiger partial charge in [-0.15, -0.1) is 0 Å². The minimum atomic E-state index is -2.24. The molecule has 502 valence electrons. The van der Waals surface area contributed by atoms with Gasteiger partial charge in [-0.1, -0.05) is 24.6 Å². The van der Waals surface area contributed by atoms with Gasteiger partial charge in [0.05, 0.1) is 68.7 Å². The third-order valence-corrected chi connectivity index (χ3v) is 21.2. The van der Waals surface area contributed by atoms with Crippen molar-refractivity contribution in [1.82, 2.24) is 64.8 Å². The lowest BCUT2D eigenvalue weighted by molar-refractivity contribution is -0.120. The zero-order chi connectivity index (χ0) is 67.1. The molecule has 10 aromatic rings. The molecule has 3 amide bonds. The molecule has 1 unspecified atom stereocenters. The predicted octanol–water partition coefficient (Wildman–Crippen LogP) is 9.98. The lowest BCUT2D eigenvalue weighted by atomic mass is 9.98. The van der Waals surface area contributed by atoms with Gasteiger partial charge in [-0.2, -0.15) is 15.3 Å². The van der Waals surface area contributed by atoms with Gasteiger partial charge in [0.2, 0.25) is 35.4 Å². The number of hydrogen-bond acceptors (Lipinski definition) is 15. The highest BCUT2D eigenvalue weighted by Gasteiger charge is 2.33. The Bertz CT molecular complexity index is 4700. The second kappa shape index (κ2) is 27.2. The minimum Gasteiger partial charge on any atom is -0.493 e. The highest BCUT2D eigenvalue weighted by molar-refractivity contribution is 8.01. The van der Waals surface area contributed by atoms with Crippen LogP contribution in [-0.4, -0.2) is 140 Å². The summed E-state index contributed by atoms with van der Waals surface area (Å²) >= 11 is 0. The molecule has 7 aromatic heterocycles. The van der Waals surface area contributed by atoms with Crippen molar-refractivity contribution in [3.63, 3.8) is 0 Å². The third kappa shape index (κ3) is 14.0. The van der Waals surface area contributed by atoms with Gasteiger partial charge < -0.3 is 44.2 Å². The molecule has 1 saturated carbocycles. The molecule has 5 aliphatic rings. The van der Waals surface area contributed by atoms with Crippen molar-refractivity contribution < 1.29 is 42.3 Å². The van der Waals surface area contributed by atoms with Crippen molar-refractivity contribution in [2.75, 3.05) is 43.3 Å². The lowest BCUT2D eigenvalue weighted by Crippen LogP contribution is -2.26. The number of amides is 3. The quantitative estimate of drug-likeness (QED) is 0.0761. The van der Waals surface area contributed by atoms with Crippen molar-refractivity contribution in [2.45, 2.75) is 110 Å². The van der Waals surface area contributed by atoms with Gasteiger partial charge in [-0.25, -0.2) is 19.2 Å². The molecule has 15 rings (SSSR count). The van der Waals surface area contributed by atoms with Gasteiger partial charge in [0.1, 0.15) is 18.3 Å². The fourth-order valence-corrected chi connectivity index (χ4v) is 15.4. The van der Waals surface area contributed by atoms with Crippen molar-refractivity contribution in [3.05, 3.63) is 109 Å². The summed E-state index contributed by atoms with van der Waals surface area (Å²) in [7, 11) is 7.10. The lowest BCUT2D eigenvalue weighted by Gasteiger charge is -2.24. The first kappa shape index (κ1) is 65.0. The van der Waals surface area contributed by atoms with Crippen LogP contribution in [0, 0.1) is 24.7 Å². The molecule has 0 spiro atoms. The Morgan fingerprint density at radius 1 is 0.562 bits per heavy atom. The van der Waals surface area contributed by atoms with E-state index < -0.39 is 9.71 Å². The molecule has 3 aromatic carbocycles. The number of aryl methyl sites for hydroxylation is 5. The fraction of sp³-hybridized carbons (Fsp3) is 0.417. The average Bonchev–Trinajstić information content (AvgIpc) is 1.47. The highest BCUT2D eigenvalue weighted by atomic mass is 32.2. The molecular formula is C72H84N14O9S. The number of methoxy groups -OCH3 is 1. The standard InChI is InChI=1S/C26H32N4O4.C24H29N5O3S.C22H23N5O2/c1-16(18-12-25(31)27-14-18)33-26-20-15-30(2)29-22(20)13-21(28-26)17-9-10-23(24(11-17)32-3)34-19-7-5-4-6-8-19;1-15-10-17(6-7-22(15)29-8-5-9-33(29,4)31)20-12-21-19(14-28(3)27-21)24(26-20)32-16(2)18-11-23(30)25-13-18;1-13(16-9-21(28)23-11-16)29-22-17-12-27(3)25-19(17)10-18(24-22)15-5-4-14-6-7-26(2)20(14)8-15/h9-11,13,15-16,18-19H,4-8,12,14H2,1-3H3,(H,27,31);6-7,10,12,14,16,18H,4-5,8-9,11,13H2,1-3H3,(H,25,30);4-8,10,12-13,16H,9,11H2,1-3H3,(H,23,28)/t16-,18-;16-,18-,33?;13-,16-/m111/s1. The van der Waals surface area contributed by atoms with Gasteiger partial charge >= 0.3 is 0 Å². The van der Waals surface area contributed by atoms with E-state index in [2.05, 4.69) is 78.2 Å². The largest absolute Gasteiger partial charge is 0.493 e. The van der Waals surface area contributed by atoms with E-state index in [-0.39, 0.29) is 59.9 Å². The minimum absolute atomic E-state index is 0.0588. The third-order valence-electron chi connectivity index (χ3n) is 19.1. The molecule has 24 heteroatoms. The van der Waals surface area contributed by atoms with Crippen LogP contribution in [0.25, 0.3) is 77.4 Å². The molecule has 0 radical (unpaired) electrons. The van der Waals surface area contributed by atoms with Crippen molar-refractivity contribution in [2.24, 2.45) is 45.9 Å². The first-order chi connectivity index (χ1) is 46.2. The van der Waals surface area contributed by atoms with Crippen LogP contribution in [0.3, 0.4) is 0 Å². The summed E-state index contributed by atoms with van der Waals surface area (Å²) in [6.07, 6.45) is 15.8. The number of hydrogen-bond donors (Lipinski definition) is 3. The number of carbonyl (C=O) groups excluding carboxylic acids is 3. The number of nitrogens with zero attached hydrogens (tertiary/aromatic N) is 11. The molecule has 4 aliphatic heterocycles. The highest BCUT2D eigenvalue weighted by Crippen LogP contribution is 2.39. The Balaban J connectivity index is 0.000000131. The van der Waals surface area contributed by atoms with Gasteiger partial charge in [-0.05, 0) is 137 Å².